The molecule has 0 saturated carbocycles. The standard InChI is InChI=1S/C14H18N4O2S/c1-3-12-16-14(17-20-12)11-5-4-6-18(11)13(19)7-10-8-21-9(2)15-10/h8,11H,3-7H2,1-2H3/t11-/m0/s1. The van der Waals surface area contributed by atoms with Gasteiger partial charge in [0.1, 0.15) is 0 Å². The van der Waals surface area contributed by atoms with Gasteiger partial charge in [-0.25, -0.2) is 4.98 Å². The number of rotatable bonds is 4. The Balaban J connectivity index is 1.72. The second-order valence-electron chi connectivity index (χ2n) is 5.18. The van der Waals surface area contributed by atoms with E-state index < -0.39 is 0 Å². The average Bonchev–Trinajstić information content (AvgIpc) is 3.17. The highest BCUT2D eigenvalue weighted by Gasteiger charge is 2.33. The van der Waals surface area contributed by atoms with E-state index in [2.05, 4.69) is 15.1 Å². The van der Waals surface area contributed by atoms with Crippen molar-refractivity contribution in [2.24, 2.45) is 0 Å². The van der Waals surface area contributed by atoms with E-state index in [9.17, 15) is 4.79 Å². The van der Waals surface area contributed by atoms with Crippen LogP contribution in [-0.4, -0.2) is 32.5 Å². The van der Waals surface area contributed by atoms with Crippen LogP contribution in [0.1, 0.15) is 48.2 Å². The van der Waals surface area contributed by atoms with Crippen LogP contribution < -0.4 is 0 Å². The number of carbonyl (C=O) groups is 1. The molecule has 0 bridgehead atoms. The van der Waals surface area contributed by atoms with Crippen LogP contribution in [0.3, 0.4) is 0 Å². The Bertz CT molecular complexity index is 636. The minimum absolute atomic E-state index is 0.0544. The number of nitrogens with zero attached hydrogens (tertiary/aromatic N) is 4. The maximum atomic E-state index is 12.5. The van der Waals surface area contributed by atoms with Gasteiger partial charge in [0.25, 0.3) is 0 Å². The number of thiazole rings is 1. The third-order valence-electron chi connectivity index (χ3n) is 3.66. The largest absolute Gasteiger partial charge is 0.339 e. The van der Waals surface area contributed by atoms with Gasteiger partial charge in [-0.05, 0) is 19.8 Å². The molecule has 2 aromatic heterocycles. The number of hydrogen-bond donors (Lipinski definition) is 0. The highest BCUT2D eigenvalue weighted by Crippen LogP contribution is 2.30. The number of hydrogen-bond acceptors (Lipinski definition) is 6. The molecule has 1 amide bonds. The summed E-state index contributed by atoms with van der Waals surface area (Å²) in [5.74, 6) is 1.34. The van der Waals surface area contributed by atoms with Crippen LogP contribution in [0.15, 0.2) is 9.90 Å². The molecule has 1 aliphatic heterocycles. The Morgan fingerprint density at radius 1 is 1.52 bits per heavy atom. The van der Waals surface area contributed by atoms with Gasteiger partial charge in [-0.1, -0.05) is 12.1 Å². The van der Waals surface area contributed by atoms with Crippen LogP contribution in [0.25, 0.3) is 0 Å². The fourth-order valence-corrected chi connectivity index (χ4v) is 3.24. The smallest absolute Gasteiger partial charge is 0.229 e. The Morgan fingerprint density at radius 3 is 3.05 bits per heavy atom. The molecule has 1 saturated heterocycles. The van der Waals surface area contributed by atoms with Crippen LogP contribution >= 0.6 is 11.3 Å². The van der Waals surface area contributed by atoms with Crippen molar-refractivity contribution in [1.82, 2.24) is 20.0 Å². The molecule has 112 valence electrons. The number of carbonyl (C=O) groups excluding carboxylic acids is 1. The highest BCUT2D eigenvalue weighted by molar-refractivity contribution is 7.09. The average molecular weight is 306 g/mol. The molecule has 21 heavy (non-hydrogen) atoms. The van der Waals surface area contributed by atoms with E-state index in [0.29, 0.717) is 24.6 Å². The summed E-state index contributed by atoms with van der Waals surface area (Å²) in [5.41, 5.74) is 0.843. The third-order valence-corrected chi connectivity index (χ3v) is 4.48. The number of aryl methyl sites for hydroxylation is 2. The second-order valence-corrected chi connectivity index (χ2v) is 6.24. The molecule has 0 spiro atoms. The first-order valence-electron chi connectivity index (χ1n) is 7.20. The molecule has 3 heterocycles. The summed E-state index contributed by atoms with van der Waals surface area (Å²) < 4.78 is 5.17. The highest BCUT2D eigenvalue weighted by atomic mass is 32.1. The van der Waals surface area contributed by atoms with E-state index >= 15 is 0 Å². The summed E-state index contributed by atoms with van der Waals surface area (Å²) in [6.07, 6.45) is 2.93. The summed E-state index contributed by atoms with van der Waals surface area (Å²) in [6, 6.07) is -0.0544. The van der Waals surface area contributed by atoms with Gasteiger partial charge in [0.2, 0.25) is 11.8 Å². The van der Waals surface area contributed by atoms with E-state index in [1.807, 2.05) is 24.1 Å². The molecule has 7 heteroatoms. The normalized spacial score (nSPS) is 18.4. The molecule has 1 aliphatic rings. The fraction of sp³-hybridized carbons (Fsp3) is 0.571. The van der Waals surface area contributed by atoms with Crippen molar-refractivity contribution in [3.63, 3.8) is 0 Å². The lowest BCUT2D eigenvalue weighted by Gasteiger charge is -2.21. The quantitative estimate of drug-likeness (QED) is 0.866. The maximum Gasteiger partial charge on any atom is 0.229 e. The summed E-state index contributed by atoms with van der Waals surface area (Å²) in [5, 5.41) is 6.95. The summed E-state index contributed by atoms with van der Waals surface area (Å²) in [6.45, 7) is 4.67. The monoisotopic (exact) mass is 306 g/mol. The molecule has 0 aliphatic carbocycles. The Hall–Kier alpha value is -1.76. The van der Waals surface area contributed by atoms with E-state index in [0.717, 1.165) is 30.1 Å². The van der Waals surface area contributed by atoms with Crippen molar-refractivity contribution in [2.45, 2.75) is 45.6 Å². The fourth-order valence-electron chi connectivity index (χ4n) is 2.63. The van der Waals surface area contributed by atoms with E-state index in [-0.39, 0.29) is 11.9 Å². The lowest BCUT2D eigenvalue weighted by atomic mass is 10.2. The Labute approximate surface area is 127 Å². The zero-order valence-corrected chi connectivity index (χ0v) is 13.0. The van der Waals surface area contributed by atoms with Crippen LogP contribution in [0, 0.1) is 6.92 Å². The lowest BCUT2D eigenvalue weighted by Crippen LogP contribution is -2.32. The molecule has 0 radical (unpaired) electrons. The number of aromatic nitrogens is 3. The van der Waals surface area contributed by atoms with Crippen LogP contribution in [-0.2, 0) is 17.6 Å². The number of likely N-dealkylation sites (tertiary alicyclic amines) is 1. The molecular formula is C14H18N4O2S. The van der Waals surface area contributed by atoms with Crippen molar-refractivity contribution in [2.75, 3.05) is 6.54 Å². The van der Waals surface area contributed by atoms with E-state index in [1.54, 1.807) is 11.3 Å². The Morgan fingerprint density at radius 2 is 2.38 bits per heavy atom. The summed E-state index contributed by atoms with van der Waals surface area (Å²) in [4.78, 5) is 23.1. The van der Waals surface area contributed by atoms with Crippen LogP contribution in [0.5, 0.6) is 0 Å². The molecule has 2 aromatic rings. The second kappa shape index (κ2) is 5.93. The molecule has 0 N–H and O–H groups in total. The van der Waals surface area contributed by atoms with Gasteiger partial charge in [-0.3, -0.25) is 4.79 Å². The van der Waals surface area contributed by atoms with Gasteiger partial charge in [0, 0.05) is 18.3 Å². The van der Waals surface area contributed by atoms with E-state index in [1.165, 1.54) is 0 Å². The van der Waals surface area contributed by atoms with Crippen LogP contribution in [0.2, 0.25) is 0 Å². The van der Waals surface area contributed by atoms with Crippen molar-refractivity contribution < 1.29 is 9.32 Å². The van der Waals surface area contributed by atoms with Crippen molar-refractivity contribution in [3.05, 3.63) is 27.8 Å². The van der Waals surface area contributed by atoms with Gasteiger partial charge in [-0.15, -0.1) is 11.3 Å². The molecule has 1 atom stereocenters. The lowest BCUT2D eigenvalue weighted by molar-refractivity contribution is -0.131. The maximum absolute atomic E-state index is 12.5. The molecule has 0 aromatic carbocycles. The minimum atomic E-state index is -0.0544. The predicted octanol–water partition coefficient (Wildman–Crippen LogP) is 2.30. The third kappa shape index (κ3) is 2.97. The van der Waals surface area contributed by atoms with E-state index in [4.69, 9.17) is 4.52 Å². The first-order valence-corrected chi connectivity index (χ1v) is 8.08. The SMILES string of the molecule is CCc1nc([C@@H]2CCCN2C(=O)Cc2csc(C)n2)no1. The van der Waals surface area contributed by atoms with Crippen molar-refractivity contribution in [1.29, 1.82) is 0 Å². The van der Waals surface area contributed by atoms with Gasteiger partial charge >= 0.3 is 0 Å². The molecular weight excluding hydrogens is 288 g/mol. The molecule has 6 nitrogen and oxygen atoms in total. The van der Waals surface area contributed by atoms with Gasteiger partial charge in [0.15, 0.2) is 5.82 Å². The first kappa shape index (κ1) is 14.2. The molecule has 1 fully saturated rings. The molecule has 0 unspecified atom stereocenters. The minimum Gasteiger partial charge on any atom is -0.339 e. The first-order chi connectivity index (χ1) is 10.2. The van der Waals surface area contributed by atoms with Crippen LogP contribution in [0.4, 0.5) is 0 Å². The van der Waals surface area contributed by atoms with Gasteiger partial charge in [-0.2, -0.15) is 4.98 Å². The molecule has 3 rings (SSSR count). The zero-order valence-electron chi connectivity index (χ0n) is 12.2. The van der Waals surface area contributed by atoms with Gasteiger partial charge < -0.3 is 9.42 Å². The summed E-state index contributed by atoms with van der Waals surface area (Å²) >= 11 is 1.57. The number of amides is 1. The van der Waals surface area contributed by atoms with Gasteiger partial charge in [0.05, 0.1) is 23.2 Å². The van der Waals surface area contributed by atoms with Crippen molar-refractivity contribution in [3.8, 4) is 0 Å². The Kier molecular flexibility index (Phi) is 4.01. The zero-order chi connectivity index (χ0) is 14.8. The summed E-state index contributed by atoms with van der Waals surface area (Å²) in [7, 11) is 0. The topological polar surface area (TPSA) is 72.1 Å². The predicted molar refractivity (Wildman–Crippen MR) is 77.9 cm³/mol. The van der Waals surface area contributed by atoms with Crippen molar-refractivity contribution >= 4 is 17.2 Å².